The molecule has 136 valence electrons. The largest absolute Gasteiger partial charge is 0.369 e. The maximum absolute atomic E-state index is 12.3. The van der Waals surface area contributed by atoms with E-state index in [9.17, 15) is 14.3 Å². The molecule has 0 saturated carbocycles. The monoisotopic (exact) mass is 358 g/mol. The first kappa shape index (κ1) is 19.0. The van der Waals surface area contributed by atoms with Crippen LogP contribution in [0.15, 0.2) is 6.20 Å². The summed E-state index contributed by atoms with van der Waals surface area (Å²) in [6.07, 6.45) is 2.84. The lowest BCUT2D eigenvalue weighted by atomic mass is 10.0. The molecule has 1 aliphatic heterocycles. The number of hydrogen-bond donors (Lipinski definition) is 1. The second-order valence-electron chi connectivity index (χ2n) is 7.24. The van der Waals surface area contributed by atoms with E-state index in [-0.39, 0.29) is 28.7 Å². The Bertz CT molecular complexity index is 625. The van der Waals surface area contributed by atoms with Crippen molar-refractivity contribution in [2.45, 2.75) is 70.0 Å². The van der Waals surface area contributed by atoms with Gasteiger partial charge in [0.2, 0.25) is 0 Å². The van der Waals surface area contributed by atoms with Crippen molar-refractivity contribution in [3.63, 3.8) is 0 Å². The lowest BCUT2D eigenvalue weighted by molar-refractivity contribution is -0.386. The van der Waals surface area contributed by atoms with Crippen LogP contribution >= 0.6 is 0 Å². The van der Waals surface area contributed by atoms with Crippen LogP contribution in [0.25, 0.3) is 0 Å². The van der Waals surface area contributed by atoms with E-state index >= 15 is 0 Å². The molecule has 0 amide bonds. The highest BCUT2D eigenvalue weighted by Gasteiger charge is 2.33. The maximum Gasteiger partial charge on any atom is 0.312 e. The minimum Gasteiger partial charge on any atom is -0.369 e. The van der Waals surface area contributed by atoms with E-state index in [1.54, 1.807) is 7.05 Å². The summed E-state index contributed by atoms with van der Waals surface area (Å²) in [4.78, 5) is 10.8. The van der Waals surface area contributed by atoms with Crippen LogP contribution in [-0.2, 0) is 22.8 Å². The zero-order chi connectivity index (χ0) is 18.1. The van der Waals surface area contributed by atoms with Gasteiger partial charge in [-0.05, 0) is 47.0 Å². The number of aromatic nitrogens is 2. The number of nitro groups is 1. The number of nitrogens with zero attached hydrogens (tertiary/aromatic N) is 3. The molecule has 9 heteroatoms. The number of ether oxygens (including phenoxy) is 1. The van der Waals surface area contributed by atoms with Crippen molar-refractivity contribution in [3.8, 4) is 0 Å². The third-order valence-corrected chi connectivity index (χ3v) is 5.75. The summed E-state index contributed by atoms with van der Waals surface area (Å²) in [5.74, 6) is 0. The SMILES string of the molecule is C[C@@H]1CC(NS(=O)C(C)(C)C)CC[C@H](c2c([N+](=O)[O-])cnn2C)O1. The van der Waals surface area contributed by atoms with Gasteiger partial charge in [0, 0.05) is 13.1 Å². The highest BCUT2D eigenvalue weighted by atomic mass is 32.2. The summed E-state index contributed by atoms with van der Waals surface area (Å²) in [7, 11) is 0.533. The highest BCUT2D eigenvalue weighted by molar-refractivity contribution is 7.84. The van der Waals surface area contributed by atoms with Gasteiger partial charge in [-0.3, -0.25) is 14.8 Å². The molecule has 1 aliphatic rings. The average molecular weight is 358 g/mol. The quantitative estimate of drug-likeness (QED) is 0.658. The summed E-state index contributed by atoms with van der Waals surface area (Å²) >= 11 is 0. The van der Waals surface area contributed by atoms with Crippen LogP contribution in [0.1, 0.15) is 58.8 Å². The van der Waals surface area contributed by atoms with E-state index in [1.165, 1.54) is 10.9 Å². The summed E-state index contributed by atoms with van der Waals surface area (Å²) in [6.45, 7) is 7.72. The Kier molecular flexibility index (Phi) is 5.77. The first-order chi connectivity index (χ1) is 11.1. The van der Waals surface area contributed by atoms with Crippen LogP contribution in [0.3, 0.4) is 0 Å². The number of hydrogen-bond acceptors (Lipinski definition) is 5. The first-order valence-corrected chi connectivity index (χ1v) is 9.24. The molecule has 0 aliphatic carbocycles. The minimum atomic E-state index is -1.15. The van der Waals surface area contributed by atoms with E-state index in [2.05, 4.69) is 9.82 Å². The van der Waals surface area contributed by atoms with Crippen molar-refractivity contribution in [1.82, 2.24) is 14.5 Å². The molecule has 1 N–H and O–H groups in total. The van der Waals surface area contributed by atoms with Crippen LogP contribution in [0.5, 0.6) is 0 Å². The average Bonchev–Trinajstić information content (AvgIpc) is 2.74. The Morgan fingerprint density at radius 3 is 2.71 bits per heavy atom. The Labute approximate surface area is 144 Å². The Hall–Kier alpha value is -1.32. The fourth-order valence-electron chi connectivity index (χ4n) is 2.86. The molecule has 8 nitrogen and oxygen atoms in total. The molecule has 2 unspecified atom stereocenters. The molecular weight excluding hydrogens is 332 g/mol. The number of rotatable bonds is 4. The molecule has 2 rings (SSSR count). The van der Waals surface area contributed by atoms with Gasteiger partial charge in [0.25, 0.3) is 0 Å². The lowest BCUT2D eigenvalue weighted by Crippen LogP contribution is -2.40. The van der Waals surface area contributed by atoms with Crippen LogP contribution < -0.4 is 4.72 Å². The molecule has 0 spiro atoms. The van der Waals surface area contributed by atoms with Crippen molar-refractivity contribution in [3.05, 3.63) is 22.0 Å². The van der Waals surface area contributed by atoms with Crippen LogP contribution in [0.4, 0.5) is 5.69 Å². The van der Waals surface area contributed by atoms with Crippen molar-refractivity contribution in [2.75, 3.05) is 0 Å². The molecule has 1 fully saturated rings. The Morgan fingerprint density at radius 1 is 1.46 bits per heavy atom. The molecule has 1 saturated heterocycles. The molecule has 2 heterocycles. The van der Waals surface area contributed by atoms with Gasteiger partial charge in [-0.25, -0.2) is 8.93 Å². The van der Waals surface area contributed by atoms with Gasteiger partial charge in [0.05, 0.1) is 26.8 Å². The zero-order valence-electron chi connectivity index (χ0n) is 14.8. The third kappa shape index (κ3) is 4.40. The minimum absolute atomic E-state index is 0.0145. The van der Waals surface area contributed by atoms with Gasteiger partial charge in [0.1, 0.15) is 18.0 Å². The van der Waals surface area contributed by atoms with Crippen molar-refractivity contribution in [2.24, 2.45) is 7.05 Å². The standard InChI is InChI=1S/C15H26N4O4S/c1-10-8-11(17-24(22)15(2,3)4)6-7-13(23-10)14-12(19(20)21)9-16-18(14)5/h9-11,13,17H,6-8H2,1-5H3/t10-,11?,13-,24?/m1/s1. The molecule has 4 atom stereocenters. The van der Waals surface area contributed by atoms with Gasteiger partial charge in [-0.15, -0.1) is 0 Å². The second-order valence-corrected chi connectivity index (χ2v) is 9.24. The molecule has 24 heavy (non-hydrogen) atoms. The summed E-state index contributed by atoms with van der Waals surface area (Å²) < 4.78 is 22.7. The van der Waals surface area contributed by atoms with Crippen LogP contribution in [0, 0.1) is 10.1 Å². The Morgan fingerprint density at radius 2 is 2.12 bits per heavy atom. The van der Waals surface area contributed by atoms with Gasteiger partial charge < -0.3 is 4.74 Å². The van der Waals surface area contributed by atoms with Gasteiger partial charge in [-0.2, -0.15) is 5.10 Å². The van der Waals surface area contributed by atoms with Crippen molar-refractivity contribution >= 4 is 16.7 Å². The second kappa shape index (κ2) is 7.28. The van der Waals surface area contributed by atoms with Gasteiger partial charge >= 0.3 is 5.69 Å². The molecule has 0 radical (unpaired) electrons. The lowest BCUT2D eigenvalue weighted by Gasteiger charge is -2.24. The van der Waals surface area contributed by atoms with E-state index in [4.69, 9.17) is 4.74 Å². The summed E-state index contributed by atoms with van der Waals surface area (Å²) in [5, 5.41) is 15.2. The van der Waals surface area contributed by atoms with E-state index in [0.717, 1.165) is 6.42 Å². The Balaban J connectivity index is 2.14. The molecule has 1 aromatic heterocycles. The van der Waals surface area contributed by atoms with Crippen LogP contribution in [0.2, 0.25) is 0 Å². The van der Waals surface area contributed by atoms with Gasteiger partial charge in [0.15, 0.2) is 0 Å². The fourth-order valence-corrected chi connectivity index (χ4v) is 3.73. The van der Waals surface area contributed by atoms with Crippen molar-refractivity contribution < 1.29 is 13.9 Å². The summed E-state index contributed by atoms with van der Waals surface area (Å²) in [5.41, 5.74) is 0.476. The maximum atomic E-state index is 12.3. The fraction of sp³-hybridized carbons (Fsp3) is 0.800. The molecule has 1 aromatic rings. The zero-order valence-corrected chi connectivity index (χ0v) is 15.6. The van der Waals surface area contributed by atoms with Crippen LogP contribution in [-0.4, -0.2) is 35.8 Å². The normalized spacial score (nSPS) is 26.8. The van der Waals surface area contributed by atoms with E-state index in [1.807, 2.05) is 27.7 Å². The third-order valence-electron chi connectivity index (χ3n) is 4.09. The predicted octanol–water partition coefficient (Wildman–Crippen LogP) is 2.38. The molecule has 0 aromatic carbocycles. The first-order valence-electron chi connectivity index (χ1n) is 8.09. The molecule has 0 bridgehead atoms. The number of aryl methyl sites for hydroxylation is 1. The molecular formula is C15H26N4O4S. The predicted molar refractivity (Wildman–Crippen MR) is 91.8 cm³/mol. The highest BCUT2D eigenvalue weighted by Crippen LogP contribution is 2.35. The topological polar surface area (TPSA) is 99.3 Å². The van der Waals surface area contributed by atoms with E-state index in [0.29, 0.717) is 18.5 Å². The van der Waals surface area contributed by atoms with Gasteiger partial charge in [-0.1, -0.05) is 0 Å². The number of nitrogens with one attached hydrogen (secondary N) is 1. The smallest absolute Gasteiger partial charge is 0.312 e. The van der Waals surface area contributed by atoms with Crippen molar-refractivity contribution in [1.29, 1.82) is 0 Å². The summed E-state index contributed by atoms with van der Waals surface area (Å²) in [6, 6.07) is 0.0531. The van der Waals surface area contributed by atoms with E-state index < -0.39 is 15.9 Å².